The van der Waals surface area contributed by atoms with Gasteiger partial charge in [-0.05, 0) is 0 Å². The molecule has 0 saturated heterocycles. The topological polar surface area (TPSA) is 0 Å². The van der Waals surface area contributed by atoms with Crippen LogP contribution in [0.15, 0.2) is 0 Å². The molecule has 0 saturated carbocycles. The Balaban J connectivity index is -0.000000000833. The molecule has 0 bridgehead atoms. The first-order valence-electron chi connectivity index (χ1n) is 2.00. The molecule has 10 heavy (non-hydrogen) atoms. The summed E-state index contributed by atoms with van der Waals surface area (Å²) in [5.74, 6) is 0. The molecule has 61 valence electrons. The molecule has 0 spiro atoms. The van der Waals surface area contributed by atoms with Gasteiger partial charge in [-0.2, -0.15) is 0 Å². The molecule has 0 aliphatic heterocycles. The fourth-order valence-corrected chi connectivity index (χ4v) is 0. The molecule has 0 nitrogen and oxygen atoms in total. The zero-order valence-corrected chi connectivity index (χ0v) is 17.2. The second kappa shape index (κ2) is 144. The van der Waals surface area contributed by atoms with E-state index in [1.165, 1.54) is 0 Å². The Labute approximate surface area is 145 Å². The summed E-state index contributed by atoms with van der Waals surface area (Å²) in [7, 11) is 0. The molecule has 0 aromatic heterocycles. The van der Waals surface area contributed by atoms with Crippen molar-refractivity contribution in [1.82, 2.24) is 0 Å². The van der Waals surface area contributed by atoms with E-state index in [0.717, 1.165) is 0 Å². The smallest absolute Gasteiger partial charge is 0 e. The van der Waals surface area contributed by atoms with Crippen molar-refractivity contribution in [3.05, 3.63) is 22.3 Å². The van der Waals surface area contributed by atoms with Gasteiger partial charge in [-0.15, -0.1) is 0 Å². The Hall–Kier alpha value is 3.31. The summed E-state index contributed by atoms with van der Waals surface area (Å²) in [6.07, 6.45) is 0. The fraction of sp³-hybridized carbons (Fsp3) is 0.571. The van der Waals surface area contributed by atoms with Crippen molar-refractivity contribution in [2.45, 2.75) is 27.7 Å². The second-order valence-electron chi connectivity index (χ2n) is 0. The van der Waals surface area contributed by atoms with Gasteiger partial charge in [0, 0.05) is 98.1 Å². The first kappa shape index (κ1) is 71.5. The van der Waals surface area contributed by atoms with Gasteiger partial charge in [0.05, 0.1) is 0 Å². The molecule has 0 unspecified atom stereocenters. The van der Waals surface area contributed by atoms with Crippen molar-refractivity contribution in [2.75, 3.05) is 0 Å². The normalized spacial score (nSPS) is 1.20. The minimum absolute atomic E-state index is 0. The summed E-state index contributed by atoms with van der Waals surface area (Å²) in [6.45, 7) is 8.00. The van der Waals surface area contributed by atoms with Crippen LogP contribution in [-0.4, -0.2) is 0 Å². The van der Waals surface area contributed by atoms with E-state index in [4.69, 9.17) is 0 Å². The van der Waals surface area contributed by atoms with Gasteiger partial charge in [-0.25, -0.2) is 0 Å². The van der Waals surface area contributed by atoms with E-state index in [9.17, 15) is 0 Å². The van der Waals surface area contributed by atoms with Crippen molar-refractivity contribution >= 4 is 0 Å². The zero-order chi connectivity index (χ0) is 4.00. The van der Waals surface area contributed by atoms with Crippen molar-refractivity contribution in [3.63, 3.8) is 0 Å². The van der Waals surface area contributed by atoms with E-state index < -0.39 is 0 Å². The van der Waals surface area contributed by atoms with Crippen LogP contribution in [-0.2, 0) is 98.1 Å². The van der Waals surface area contributed by atoms with Gasteiger partial charge >= 0.3 is 0 Å². The number of hydrogen-bond donors (Lipinski definition) is 0. The quantitative estimate of drug-likeness (QED) is 0.572. The molecular formula is C7H21Y3-3. The summed E-state index contributed by atoms with van der Waals surface area (Å²) in [5.41, 5.74) is 0. The Morgan fingerprint density at radius 1 is 0.400 bits per heavy atom. The van der Waals surface area contributed by atoms with Crippen molar-refractivity contribution in [3.8, 4) is 0 Å². The van der Waals surface area contributed by atoms with Crippen LogP contribution in [0, 0.1) is 22.3 Å². The van der Waals surface area contributed by atoms with Crippen LogP contribution in [0.3, 0.4) is 0 Å². The van der Waals surface area contributed by atoms with Crippen LogP contribution in [0.4, 0.5) is 0 Å². The number of hydrogen-bond acceptors (Lipinski definition) is 0. The largest absolute Gasteiger partial charge is 0.358 e. The van der Waals surface area contributed by atoms with Gasteiger partial charge in [0.1, 0.15) is 0 Å². The van der Waals surface area contributed by atoms with Crippen molar-refractivity contribution < 1.29 is 98.1 Å². The molecular weight excluding hydrogens is 351 g/mol. The van der Waals surface area contributed by atoms with Gasteiger partial charge in [-0.1, -0.05) is 27.7 Å². The van der Waals surface area contributed by atoms with Crippen LogP contribution < -0.4 is 0 Å². The minimum atomic E-state index is 0. The first-order valence-corrected chi connectivity index (χ1v) is 2.00. The third kappa shape index (κ3) is 110. The molecule has 0 aliphatic rings. The molecule has 3 radical (unpaired) electrons. The minimum Gasteiger partial charge on any atom is -0.358 e. The van der Waals surface area contributed by atoms with Gasteiger partial charge in [0.25, 0.3) is 0 Å². The third-order valence-electron chi connectivity index (χ3n) is 0. The van der Waals surface area contributed by atoms with Crippen molar-refractivity contribution in [1.29, 1.82) is 0 Å². The second-order valence-corrected chi connectivity index (χ2v) is 0. The van der Waals surface area contributed by atoms with Gasteiger partial charge < -0.3 is 22.3 Å². The Kier molecular flexibility index (Phi) is 1030. The van der Waals surface area contributed by atoms with Crippen molar-refractivity contribution in [2.24, 2.45) is 0 Å². The van der Waals surface area contributed by atoms with Gasteiger partial charge in [-0.3, -0.25) is 0 Å². The average Bonchev–Trinajstić information content (AvgIpc) is 1.50. The molecule has 0 heterocycles. The molecule has 0 atom stereocenters. The summed E-state index contributed by atoms with van der Waals surface area (Å²) < 4.78 is 0. The Morgan fingerprint density at radius 2 is 0.400 bits per heavy atom. The average molecular weight is 372 g/mol. The first-order chi connectivity index (χ1) is 2.00. The van der Waals surface area contributed by atoms with E-state index in [1.54, 1.807) is 0 Å². The summed E-state index contributed by atoms with van der Waals surface area (Å²) in [5, 5.41) is 0. The Bertz CT molecular complexity index is 8.81. The monoisotopic (exact) mass is 372 g/mol. The van der Waals surface area contributed by atoms with E-state index in [0.29, 0.717) is 0 Å². The molecule has 0 aromatic carbocycles. The van der Waals surface area contributed by atoms with E-state index in [-0.39, 0.29) is 120 Å². The molecule has 0 amide bonds. The summed E-state index contributed by atoms with van der Waals surface area (Å²) in [4.78, 5) is 0. The summed E-state index contributed by atoms with van der Waals surface area (Å²) in [6, 6.07) is 0. The van der Waals surface area contributed by atoms with Crippen LogP contribution in [0.25, 0.3) is 0 Å². The summed E-state index contributed by atoms with van der Waals surface area (Å²) >= 11 is 0. The van der Waals surface area contributed by atoms with Crippen LogP contribution >= 0.6 is 0 Å². The molecule has 0 aromatic rings. The van der Waals surface area contributed by atoms with Crippen LogP contribution in [0.2, 0.25) is 0 Å². The maximum atomic E-state index is 2.00. The molecule has 3 heteroatoms. The van der Waals surface area contributed by atoms with E-state index in [2.05, 4.69) is 0 Å². The standard InChI is InChI=1S/2C2H6.3CH3.3Y/c2*1-2;;;;;;/h2*1-2H3;3*1H3;;;/q;;3*-1;;;. The third-order valence-corrected chi connectivity index (χ3v) is 0. The zero-order valence-electron chi connectivity index (χ0n) is 8.73. The van der Waals surface area contributed by atoms with Gasteiger partial charge in [0.15, 0.2) is 0 Å². The number of rotatable bonds is 0. The van der Waals surface area contributed by atoms with Crippen LogP contribution in [0.5, 0.6) is 0 Å². The predicted octanol–water partition coefficient (Wildman–Crippen LogP) is 3.40. The molecule has 0 fully saturated rings. The molecule has 0 N–H and O–H groups in total. The maximum absolute atomic E-state index is 2.00. The van der Waals surface area contributed by atoms with Crippen LogP contribution in [0.1, 0.15) is 27.7 Å². The van der Waals surface area contributed by atoms with Gasteiger partial charge in [0.2, 0.25) is 0 Å². The molecule has 0 aliphatic carbocycles. The maximum Gasteiger partial charge on any atom is 0 e. The predicted molar refractivity (Wildman–Crippen MR) is 41.9 cm³/mol. The fourth-order valence-electron chi connectivity index (χ4n) is 0. The molecule has 0 rings (SSSR count). The van der Waals surface area contributed by atoms with E-state index in [1.807, 2.05) is 27.7 Å². The SMILES string of the molecule is CC.CC.[CH3-].[CH3-].[CH3-].[Y].[Y].[Y]. The Morgan fingerprint density at radius 3 is 0.400 bits per heavy atom. The van der Waals surface area contributed by atoms with E-state index >= 15 is 0 Å².